The lowest BCUT2D eigenvalue weighted by Crippen LogP contribution is -2.40. The van der Waals surface area contributed by atoms with Crippen molar-refractivity contribution < 1.29 is 14.3 Å². The summed E-state index contributed by atoms with van der Waals surface area (Å²) in [7, 11) is 0. The number of hydrogen-bond acceptors (Lipinski definition) is 4. The zero-order valence-corrected chi connectivity index (χ0v) is 9.85. The molecule has 2 aliphatic heterocycles. The average molecular weight is 249 g/mol. The molecule has 17 heavy (non-hydrogen) atoms. The van der Waals surface area contributed by atoms with Crippen LogP contribution in [0.2, 0.25) is 0 Å². The van der Waals surface area contributed by atoms with Crippen LogP contribution in [0.25, 0.3) is 0 Å². The van der Waals surface area contributed by atoms with Gasteiger partial charge in [0.25, 0.3) is 5.91 Å². The first-order valence-corrected chi connectivity index (χ1v) is 6.60. The van der Waals surface area contributed by atoms with Gasteiger partial charge in [0, 0.05) is 17.1 Å². The van der Waals surface area contributed by atoms with Gasteiger partial charge in [-0.2, -0.15) is 11.8 Å². The molecule has 1 aromatic carbocycles. The molecule has 2 amide bonds. The third kappa shape index (κ3) is 1.70. The fourth-order valence-electron chi connectivity index (χ4n) is 2.15. The maximum absolute atomic E-state index is 12.2. The van der Waals surface area contributed by atoms with Crippen molar-refractivity contribution in [3.8, 4) is 0 Å². The standard InChI is InChI=1S/C12H11NO3S/c14-11(8-4-2-1-3-5-8)13-9-6-17-7-10(9)16-12(13)15/h1-5,9-10H,6-7H2/t9-,10+/m1/s1. The van der Waals surface area contributed by atoms with Crippen molar-refractivity contribution in [1.29, 1.82) is 0 Å². The van der Waals surface area contributed by atoms with E-state index in [0.717, 1.165) is 11.5 Å². The minimum Gasteiger partial charge on any atom is -0.443 e. The van der Waals surface area contributed by atoms with Crippen LogP contribution in [0, 0.1) is 0 Å². The van der Waals surface area contributed by atoms with Crippen molar-refractivity contribution in [3.05, 3.63) is 35.9 Å². The molecule has 0 N–H and O–H groups in total. The van der Waals surface area contributed by atoms with E-state index in [-0.39, 0.29) is 18.1 Å². The van der Waals surface area contributed by atoms with E-state index in [1.807, 2.05) is 6.07 Å². The van der Waals surface area contributed by atoms with Gasteiger partial charge in [-0.05, 0) is 12.1 Å². The lowest BCUT2D eigenvalue weighted by atomic mass is 10.1. The van der Waals surface area contributed by atoms with Crippen molar-refractivity contribution in [1.82, 2.24) is 4.90 Å². The molecule has 0 unspecified atom stereocenters. The molecule has 0 spiro atoms. The van der Waals surface area contributed by atoms with Gasteiger partial charge in [-0.25, -0.2) is 9.69 Å². The monoisotopic (exact) mass is 249 g/mol. The van der Waals surface area contributed by atoms with E-state index in [1.54, 1.807) is 36.0 Å². The number of hydrogen-bond donors (Lipinski definition) is 0. The first-order valence-electron chi connectivity index (χ1n) is 5.44. The number of nitrogens with zero attached hydrogens (tertiary/aromatic N) is 1. The predicted octanol–water partition coefficient (Wildman–Crippen LogP) is 1.76. The second-order valence-electron chi connectivity index (χ2n) is 4.07. The van der Waals surface area contributed by atoms with Gasteiger partial charge in [0.15, 0.2) is 0 Å². The molecule has 2 atom stereocenters. The molecule has 2 fully saturated rings. The second kappa shape index (κ2) is 4.07. The lowest BCUT2D eigenvalue weighted by molar-refractivity contribution is 0.0783. The Morgan fingerprint density at radius 3 is 2.82 bits per heavy atom. The third-order valence-corrected chi connectivity index (χ3v) is 4.16. The molecule has 88 valence electrons. The summed E-state index contributed by atoms with van der Waals surface area (Å²) in [5.41, 5.74) is 0.530. The number of rotatable bonds is 1. The molecule has 0 radical (unpaired) electrons. The largest absolute Gasteiger partial charge is 0.443 e. The Balaban J connectivity index is 1.89. The molecule has 5 heteroatoms. The predicted molar refractivity (Wildman–Crippen MR) is 64.0 cm³/mol. The molecular formula is C12H11NO3S. The van der Waals surface area contributed by atoms with Crippen LogP contribution in [-0.2, 0) is 4.74 Å². The van der Waals surface area contributed by atoms with Gasteiger partial charge in [-0.1, -0.05) is 18.2 Å². The number of amides is 2. The lowest BCUT2D eigenvalue weighted by Gasteiger charge is -2.17. The van der Waals surface area contributed by atoms with E-state index in [9.17, 15) is 9.59 Å². The molecule has 0 aromatic heterocycles. The SMILES string of the molecule is O=C1O[C@H]2CSC[C@H]2N1C(=O)c1ccccc1. The van der Waals surface area contributed by atoms with Gasteiger partial charge >= 0.3 is 6.09 Å². The van der Waals surface area contributed by atoms with Crippen molar-refractivity contribution >= 4 is 23.8 Å². The van der Waals surface area contributed by atoms with Crippen molar-refractivity contribution in [3.63, 3.8) is 0 Å². The summed E-state index contributed by atoms with van der Waals surface area (Å²) in [5.74, 6) is 1.30. The highest BCUT2D eigenvalue weighted by Crippen LogP contribution is 2.32. The van der Waals surface area contributed by atoms with Gasteiger partial charge in [0.05, 0.1) is 6.04 Å². The van der Waals surface area contributed by atoms with Gasteiger partial charge < -0.3 is 4.74 Å². The Kier molecular flexibility index (Phi) is 2.55. The van der Waals surface area contributed by atoms with Crippen LogP contribution >= 0.6 is 11.8 Å². The Labute approximate surface area is 103 Å². The van der Waals surface area contributed by atoms with E-state index < -0.39 is 6.09 Å². The van der Waals surface area contributed by atoms with Crippen LogP contribution in [0.3, 0.4) is 0 Å². The fraction of sp³-hybridized carbons (Fsp3) is 0.333. The number of carbonyl (C=O) groups is 2. The van der Waals surface area contributed by atoms with E-state index in [2.05, 4.69) is 0 Å². The Hall–Kier alpha value is -1.49. The third-order valence-electron chi connectivity index (χ3n) is 3.02. The molecular weight excluding hydrogens is 238 g/mol. The number of imide groups is 1. The maximum atomic E-state index is 12.2. The quantitative estimate of drug-likeness (QED) is 0.761. The zero-order chi connectivity index (χ0) is 11.8. The van der Waals surface area contributed by atoms with Crippen molar-refractivity contribution in [2.75, 3.05) is 11.5 Å². The van der Waals surface area contributed by atoms with Gasteiger partial charge in [-0.3, -0.25) is 4.79 Å². The summed E-state index contributed by atoms with van der Waals surface area (Å²) in [4.78, 5) is 25.2. The molecule has 3 rings (SSSR count). The van der Waals surface area contributed by atoms with Crippen LogP contribution < -0.4 is 0 Å². The van der Waals surface area contributed by atoms with Crippen molar-refractivity contribution in [2.45, 2.75) is 12.1 Å². The highest BCUT2D eigenvalue weighted by Gasteiger charge is 2.48. The van der Waals surface area contributed by atoms with Crippen LogP contribution in [0.4, 0.5) is 4.79 Å². The number of ether oxygens (including phenoxy) is 1. The minimum atomic E-state index is -0.505. The first kappa shape index (κ1) is 10.7. The fourth-order valence-corrected chi connectivity index (χ4v) is 3.42. The molecule has 0 saturated carbocycles. The van der Waals surface area contributed by atoms with E-state index in [1.165, 1.54) is 4.90 Å². The molecule has 2 aliphatic rings. The zero-order valence-electron chi connectivity index (χ0n) is 9.04. The normalized spacial score (nSPS) is 26.8. The minimum absolute atomic E-state index is 0.0970. The smallest absolute Gasteiger partial charge is 0.417 e. The second-order valence-corrected chi connectivity index (χ2v) is 5.14. The molecule has 2 saturated heterocycles. The topological polar surface area (TPSA) is 46.6 Å². The average Bonchev–Trinajstić information content (AvgIpc) is 2.89. The highest BCUT2D eigenvalue weighted by atomic mass is 32.2. The summed E-state index contributed by atoms with van der Waals surface area (Å²) in [6.45, 7) is 0. The van der Waals surface area contributed by atoms with Crippen LogP contribution in [0.1, 0.15) is 10.4 Å². The molecule has 1 aromatic rings. The molecule has 2 heterocycles. The highest BCUT2D eigenvalue weighted by molar-refractivity contribution is 7.99. The Morgan fingerprint density at radius 1 is 1.29 bits per heavy atom. The number of thioether (sulfide) groups is 1. The van der Waals surface area contributed by atoms with Gasteiger partial charge in [-0.15, -0.1) is 0 Å². The van der Waals surface area contributed by atoms with Crippen LogP contribution in [-0.4, -0.2) is 40.6 Å². The Bertz CT molecular complexity index is 462. The summed E-state index contributed by atoms with van der Waals surface area (Å²) >= 11 is 1.71. The van der Waals surface area contributed by atoms with Crippen LogP contribution in [0.15, 0.2) is 30.3 Å². The van der Waals surface area contributed by atoms with Crippen LogP contribution in [0.5, 0.6) is 0 Å². The van der Waals surface area contributed by atoms with Crippen molar-refractivity contribution in [2.24, 2.45) is 0 Å². The van der Waals surface area contributed by atoms with E-state index >= 15 is 0 Å². The summed E-state index contributed by atoms with van der Waals surface area (Å²) in [6, 6.07) is 8.74. The number of carbonyl (C=O) groups excluding carboxylic acids is 2. The maximum Gasteiger partial charge on any atom is 0.417 e. The van der Waals surface area contributed by atoms with E-state index in [0.29, 0.717) is 5.56 Å². The number of fused-ring (bicyclic) bond motifs is 1. The molecule has 0 aliphatic carbocycles. The van der Waals surface area contributed by atoms with Gasteiger partial charge in [0.2, 0.25) is 0 Å². The summed E-state index contributed by atoms with van der Waals surface area (Å²) in [6.07, 6.45) is -0.630. The molecule has 0 bridgehead atoms. The number of benzene rings is 1. The first-order chi connectivity index (χ1) is 8.27. The Morgan fingerprint density at radius 2 is 2.06 bits per heavy atom. The molecule has 4 nitrogen and oxygen atoms in total. The van der Waals surface area contributed by atoms with E-state index in [4.69, 9.17) is 4.74 Å². The summed E-state index contributed by atoms with van der Waals surface area (Å²) < 4.78 is 5.19. The summed E-state index contributed by atoms with van der Waals surface area (Å²) in [5, 5.41) is 0. The van der Waals surface area contributed by atoms with Gasteiger partial charge in [0.1, 0.15) is 6.10 Å².